The lowest BCUT2D eigenvalue weighted by Gasteiger charge is -2.15. The van der Waals surface area contributed by atoms with E-state index in [0.29, 0.717) is 5.25 Å². The maximum atomic E-state index is 11.9. The summed E-state index contributed by atoms with van der Waals surface area (Å²) in [6, 6.07) is 0. The molecule has 1 aliphatic rings. The number of nitrogens with one attached hydrogen (secondary N) is 1. The molecule has 17 heavy (non-hydrogen) atoms. The molecule has 1 atom stereocenters. The van der Waals surface area contributed by atoms with E-state index in [9.17, 15) is 4.79 Å². The Morgan fingerprint density at radius 1 is 1.41 bits per heavy atom. The van der Waals surface area contributed by atoms with Crippen LogP contribution in [0, 0.1) is 0 Å². The Hall–Kier alpha value is -0.770. The molecule has 2 rings (SSSR count). The number of H-pyrrole nitrogens is 1. The first-order valence-electron chi connectivity index (χ1n) is 6.43. The second kappa shape index (κ2) is 5.71. The molecule has 1 heterocycles. The van der Waals surface area contributed by atoms with Crippen molar-refractivity contribution in [3.63, 3.8) is 0 Å². The maximum absolute atomic E-state index is 11.9. The molecule has 4 heteroatoms. The molecule has 1 unspecified atom stereocenters. The summed E-state index contributed by atoms with van der Waals surface area (Å²) in [5.74, 6) is 1.67. The Bertz CT molecular complexity index is 442. The van der Waals surface area contributed by atoms with Gasteiger partial charge in [-0.2, -0.15) is 11.8 Å². The zero-order chi connectivity index (χ0) is 12.3. The molecule has 0 saturated heterocycles. The van der Waals surface area contributed by atoms with Gasteiger partial charge in [0.1, 0.15) is 5.82 Å². The monoisotopic (exact) mass is 252 g/mol. The second-order valence-electron chi connectivity index (χ2n) is 4.67. The van der Waals surface area contributed by atoms with Gasteiger partial charge in [-0.25, -0.2) is 4.98 Å². The van der Waals surface area contributed by atoms with Crippen molar-refractivity contribution in [1.29, 1.82) is 0 Å². The molecule has 0 radical (unpaired) electrons. The van der Waals surface area contributed by atoms with Crippen LogP contribution in [0.2, 0.25) is 0 Å². The molecule has 0 spiro atoms. The molecular formula is C13H20N2OS. The van der Waals surface area contributed by atoms with Crippen molar-refractivity contribution in [1.82, 2.24) is 9.97 Å². The molecule has 0 aromatic carbocycles. The highest BCUT2D eigenvalue weighted by atomic mass is 32.2. The average Bonchev–Trinajstić information content (AvgIpc) is 2.36. The van der Waals surface area contributed by atoms with E-state index in [4.69, 9.17) is 0 Å². The van der Waals surface area contributed by atoms with Gasteiger partial charge in [0.25, 0.3) is 5.56 Å². The third kappa shape index (κ3) is 3.12. The lowest BCUT2D eigenvalue weighted by atomic mass is 9.97. The molecule has 0 fully saturated rings. The Labute approximate surface area is 106 Å². The van der Waals surface area contributed by atoms with Crippen LogP contribution in [0.4, 0.5) is 0 Å². The molecule has 0 amide bonds. The highest BCUT2D eigenvalue weighted by molar-refractivity contribution is 7.99. The van der Waals surface area contributed by atoms with Crippen molar-refractivity contribution < 1.29 is 0 Å². The van der Waals surface area contributed by atoms with Crippen molar-refractivity contribution in [2.75, 3.05) is 0 Å². The third-order valence-corrected chi connectivity index (χ3v) is 4.66. The van der Waals surface area contributed by atoms with Gasteiger partial charge < -0.3 is 4.98 Å². The molecule has 1 aromatic heterocycles. The van der Waals surface area contributed by atoms with E-state index in [1.807, 2.05) is 11.8 Å². The van der Waals surface area contributed by atoms with Crippen molar-refractivity contribution in [3.05, 3.63) is 27.4 Å². The molecule has 1 aliphatic carbocycles. The first-order valence-corrected chi connectivity index (χ1v) is 7.48. The number of aryl methyl sites for hydroxylation is 1. The fourth-order valence-corrected chi connectivity index (χ4v) is 2.88. The summed E-state index contributed by atoms with van der Waals surface area (Å²) in [6.07, 6.45) is 5.32. The summed E-state index contributed by atoms with van der Waals surface area (Å²) in [5, 5.41) is 0.622. The van der Waals surface area contributed by atoms with Crippen LogP contribution in [0.5, 0.6) is 0 Å². The van der Waals surface area contributed by atoms with Gasteiger partial charge in [-0.1, -0.05) is 13.8 Å². The number of aromatic amines is 1. The maximum Gasteiger partial charge on any atom is 0.254 e. The largest absolute Gasteiger partial charge is 0.310 e. The lowest BCUT2D eigenvalue weighted by molar-refractivity contribution is 0.650. The summed E-state index contributed by atoms with van der Waals surface area (Å²) >= 11 is 1.86. The summed E-state index contributed by atoms with van der Waals surface area (Å²) in [4.78, 5) is 19.4. The average molecular weight is 252 g/mol. The van der Waals surface area contributed by atoms with E-state index in [1.165, 1.54) is 6.42 Å². The van der Waals surface area contributed by atoms with Crippen LogP contribution in [-0.2, 0) is 18.6 Å². The van der Waals surface area contributed by atoms with Gasteiger partial charge in [0.05, 0.1) is 11.4 Å². The predicted octanol–water partition coefficient (Wildman–Crippen LogP) is 2.68. The Morgan fingerprint density at radius 3 is 2.94 bits per heavy atom. The Morgan fingerprint density at radius 2 is 2.18 bits per heavy atom. The van der Waals surface area contributed by atoms with Crippen LogP contribution >= 0.6 is 11.8 Å². The molecule has 94 valence electrons. The van der Waals surface area contributed by atoms with Crippen LogP contribution in [0.25, 0.3) is 0 Å². The standard InChI is InChI=1S/C13H20N2OS/c1-3-9(2)17-8-12-14-11-7-5-4-6-10(11)13(16)15-12/h9H,3-8H2,1-2H3,(H,14,15,16). The van der Waals surface area contributed by atoms with E-state index in [2.05, 4.69) is 23.8 Å². The van der Waals surface area contributed by atoms with Crippen molar-refractivity contribution in [3.8, 4) is 0 Å². The van der Waals surface area contributed by atoms with Gasteiger partial charge in [0, 0.05) is 10.8 Å². The Balaban J connectivity index is 2.14. The third-order valence-electron chi connectivity index (χ3n) is 3.32. The minimum absolute atomic E-state index is 0.0921. The van der Waals surface area contributed by atoms with Crippen LogP contribution < -0.4 is 5.56 Å². The number of thioether (sulfide) groups is 1. The van der Waals surface area contributed by atoms with Gasteiger partial charge in [-0.3, -0.25) is 4.79 Å². The predicted molar refractivity (Wildman–Crippen MR) is 72.5 cm³/mol. The zero-order valence-electron chi connectivity index (χ0n) is 10.6. The van der Waals surface area contributed by atoms with E-state index < -0.39 is 0 Å². The van der Waals surface area contributed by atoms with E-state index in [0.717, 1.165) is 48.5 Å². The van der Waals surface area contributed by atoms with Crippen LogP contribution in [0.1, 0.15) is 50.2 Å². The minimum Gasteiger partial charge on any atom is -0.310 e. The van der Waals surface area contributed by atoms with Crippen LogP contribution in [0.3, 0.4) is 0 Å². The van der Waals surface area contributed by atoms with Crippen molar-refractivity contribution in [2.24, 2.45) is 0 Å². The highest BCUT2D eigenvalue weighted by Gasteiger charge is 2.15. The summed E-state index contributed by atoms with van der Waals surface area (Å²) in [6.45, 7) is 4.39. The number of hydrogen-bond donors (Lipinski definition) is 1. The van der Waals surface area contributed by atoms with Gasteiger partial charge in [0.15, 0.2) is 0 Å². The fourth-order valence-electron chi connectivity index (χ4n) is 2.06. The lowest BCUT2D eigenvalue weighted by Crippen LogP contribution is -2.22. The summed E-state index contributed by atoms with van der Waals surface area (Å²) in [5.41, 5.74) is 2.06. The molecule has 1 aromatic rings. The number of fused-ring (bicyclic) bond motifs is 1. The first-order chi connectivity index (χ1) is 8.20. The van der Waals surface area contributed by atoms with Gasteiger partial charge >= 0.3 is 0 Å². The topological polar surface area (TPSA) is 45.8 Å². The minimum atomic E-state index is 0.0921. The van der Waals surface area contributed by atoms with E-state index >= 15 is 0 Å². The van der Waals surface area contributed by atoms with Gasteiger partial charge in [-0.05, 0) is 32.1 Å². The number of hydrogen-bond acceptors (Lipinski definition) is 3. The molecule has 0 bridgehead atoms. The highest BCUT2D eigenvalue weighted by Crippen LogP contribution is 2.20. The summed E-state index contributed by atoms with van der Waals surface area (Å²) < 4.78 is 0. The first kappa shape index (κ1) is 12.7. The molecule has 0 aliphatic heterocycles. The van der Waals surface area contributed by atoms with Crippen LogP contribution in [-0.4, -0.2) is 15.2 Å². The molecule has 0 saturated carbocycles. The van der Waals surface area contributed by atoms with Crippen molar-refractivity contribution in [2.45, 2.75) is 57.0 Å². The van der Waals surface area contributed by atoms with E-state index in [-0.39, 0.29) is 5.56 Å². The van der Waals surface area contributed by atoms with Crippen LogP contribution in [0.15, 0.2) is 4.79 Å². The number of rotatable bonds is 4. The van der Waals surface area contributed by atoms with E-state index in [1.54, 1.807) is 0 Å². The molecular weight excluding hydrogens is 232 g/mol. The van der Waals surface area contributed by atoms with Gasteiger partial charge in [-0.15, -0.1) is 0 Å². The number of aromatic nitrogens is 2. The zero-order valence-corrected chi connectivity index (χ0v) is 11.4. The second-order valence-corrected chi connectivity index (χ2v) is 6.10. The number of nitrogens with zero attached hydrogens (tertiary/aromatic N) is 1. The van der Waals surface area contributed by atoms with Crippen molar-refractivity contribution >= 4 is 11.8 Å². The fraction of sp³-hybridized carbons (Fsp3) is 0.692. The molecule has 1 N–H and O–H groups in total. The van der Waals surface area contributed by atoms with Gasteiger partial charge in [0.2, 0.25) is 0 Å². The normalized spacial score (nSPS) is 16.6. The molecule has 3 nitrogen and oxygen atoms in total. The quantitative estimate of drug-likeness (QED) is 0.896. The SMILES string of the molecule is CCC(C)SCc1nc2c(c(=O)[nH]1)CCCC2. The Kier molecular flexibility index (Phi) is 4.26. The smallest absolute Gasteiger partial charge is 0.254 e. The summed E-state index contributed by atoms with van der Waals surface area (Å²) in [7, 11) is 0.